The zero-order valence-electron chi connectivity index (χ0n) is 7.54. The summed E-state index contributed by atoms with van der Waals surface area (Å²) in [7, 11) is -3.63. The highest BCUT2D eigenvalue weighted by Gasteiger charge is 1.92. The van der Waals surface area contributed by atoms with Gasteiger partial charge in [-0.2, -0.15) is 4.11 Å². The molecule has 0 saturated heterocycles. The molecule has 0 saturated carbocycles. The van der Waals surface area contributed by atoms with Gasteiger partial charge in [0, 0.05) is 5.69 Å². The van der Waals surface area contributed by atoms with Crippen molar-refractivity contribution in [3.8, 4) is 0 Å². The van der Waals surface area contributed by atoms with E-state index < -0.39 is 9.26 Å². The first kappa shape index (κ1) is 11.8. The van der Waals surface area contributed by atoms with Gasteiger partial charge < -0.3 is 10.5 Å². The van der Waals surface area contributed by atoms with Crippen LogP contribution in [0.4, 0.5) is 9.80 Å². The van der Waals surface area contributed by atoms with Crippen LogP contribution >= 0.6 is 0 Å². The molecule has 0 spiro atoms. The average molecular weight is 201 g/mol. The van der Waals surface area contributed by atoms with Crippen molar-refractivity contribution in [3.63, 3.8) is 0 Å². The summed E-state index contributed by atoms with van der Waals surface area (Å²) in [5.74, 6) is 0. The summed E-state index contributed by atoms with van der Waals surface area (Å²) in [4.78, 5) is 6.94. The maximum atomic E-state index is 10.1. The van der Waals surface area contributed by atoms with Crippen LogP contribution in [0.25, 0.3) is 0 Å². The quantitative estimate of drug-likeness (QED) is 0.377. The number of aryl methyl sites for hydroxylation is 1. The molecule has 0 aliphatic carbocycles. The highest BCUT2D eigenvalue weighted by molar-refractivity contribution is 6.23. The number of hydrogen-bond donors (Lipinski definition) is 2. The third-order valence-corrected chi connectivity index (χ3v) is 1.65. The molecule has 0 heterocycles. The molecular weight excluding hydrogens is 189 g/mol. The zero-order chi connectivity index (χ0) is 10.4. The minimum absolute atomic E-state index is 0.884. The second-order valence-corrected chi connectivity index (χ2v) is 3.05. The van der Waals surface area contributed by atoms with Crippen LogP contribution in [0.2, 0.25) is 0 Å². The Bertz CT molecular complexity index is 280. The predicted octanol–water partition coefficient (Wildman–Crippen LogP) is 1.25. The smallest absolute Gasteiger partial charge is 0.517 e. The van der Waals surface area contributed by atoms with Gasteiger partial charge in [0.25, 0.3) is 0 Å². The van der Waals surface area contributed by atoms with Crippen molar-refractivity contribution in [2.45, 2.75) is 13.8 Å². The molecule has 0 amide bonds. The SMILES string of the molecule is Cc1cccc(N)c1C.O=[Si](O)F. The first-order chi connectivity index (χ1) is 5.95. The van der Waals surface area contributed by atoms with Crippen LogP contribution < -0.4 is 5.73 Å². The summed E-state index contributed by atoms with van der Waals surface area (Å²) < 4.78 is 18.6. The van der Waals surface area contributed by atoms with E-state index in [1.165, 1.54) is 11.1 Å². The first-order valence-corrected chi connectivity index (χ1v) is 4.88. The minimum Gasteiger partial charge on any atom is -0.517 e. The standard InChI is InChI=1S/C8H11N.FHO2Si/c1-6-4-3-5-8(9)7(6)2;1-4(2)3/h3-5H,9H2,1-2H3;2H. The van der Waals surface area contributed by atoms with E-state index in [1.54, 1.807) is 0 Å². The molecule has 3 nitrogen and oxygen atoms in total. The average Bonchev–Trinajstić information content (AvgIpc) is 1.99. The Kier molecular flexibility index (Phi) is 4.91. The van der Waals surface area contributed by atoms with Crippen molar-refractivity contribution in [3.05, 3.63) is 29.3 Å². The molecule has 0 fully saturated rings. The topological polar surface area (TPSA) is 63.3 Å². The zero-order valence-corrected chi connectivity index (χ0v) is 8.54. The summed E-state index contributed by atoms with van der Waals surface area (Å²) in [6, 6.07) is 5.95. The van der Waals surface area contributed by atoms with E-state index in [0.717, 1.165) is 5.69 Å². The predicted molar refractivity (Wildman–Crippen MR) is 50.1 cm³/mol. The van der Waals surface area contributed by atoms with Gasteiger partial charge in [0.05, 0.1) is 0 Å². The van der Waals surface area contributed by atoms with Crippen molar-refractivity contribution >= 4 is 14.9 Å². The second kappa shape index (κ2) is 5.42. The highest BCUT2D eigenvalue weighted by Crippen LogP contribution is 2.13. The number of benzene rings is 1. The molecule has 5 heteroatoms. The Morgan fingerprint density at radius 1 is 1.46 bits per heavy atom. The summed E-state index contributed by atoms with van der Waals surface area (Å²) in [6.45, 7) is 4.09. The van der Waals surface area contributed by atoms with Crippen molar-refractivity contribution in [1.29, 1.82) is 0 Å². The van der Waals surface area contributed by atoms with Gasteiger partial charge in [-0.1, -0.05) is 12.1 Å². The fraction of sp³-hybridized carbons (Fsp3) is 0.250. The number of anilines is 1. The van der Waals surface area contributed by atoms with Crippen molar-refractivity contribution in [2.75, 3.05) is 5.73 Å². The maximum absolute atomic E-state index is 10.1. The molecule has 1 aromatic carbocycles. The first-order valence-electron chi connectivity index (χ1n) is 3.65. The molecule has 0 unspecified atom stereocenters. The lowest BCUT2D eigenvalue weighted by Crippen LogP contribution is -1.90. The van der Waals surface area contributed by atoms with Gasteiger partial charge in [-0.3, -0.25) is 4.46 Å². The summed E-state index contributed by atoms with van der Waals surface area (Å²) in [5.41, 5.74) is 8.96. The van der Waals surface area contributed by atoms with Crippen LogP contribution in [0.1, 0.15) is 11.1 Å². The Balaban J connectivity index is 0.000000310. The third-order valence-electron chi connectivity index (χ3n) is 1.65. The highest BCUT2D eigenvalue weighted by atomic mass is 28.3. The lowest BCUT2D eigenvalue weighted by atomic mass is 10.1. The molecule has 0 bridgehead atoms. The van der Waals surface area contributed by atoms with Crippen LogP contribution in [-0.2, 0) is 4.46 Å². The molecule has 1 rings (SSSR count). The Labute approximate surface area is 78.0 Å². The number of nitrogens with two attached hydrogens (primary N) is 1. The summed E-state index contributed by atoms with van der Waals surface area (Å²) >= 11 is 0. The second-order valence-electron chi connectivity index (χ2n) is 2.54. The monoisotopic (exact) mass is 201 g/mol. The summed E-state index contributed by atoms with van der Waals surface area (Å²) in [6.07, 6.45) is 0. The number of halogens is 1. The lowest BCUT2D eigenvalue weighted by molar-refractivity contribution is 0.390. The van der Waals surface area contributed by atoms with Gasteiger partial charge in [-0.05, 0) is 31.0 Å². The van der Waals surface area contributed by atoms with Gasteiger partial charge in [-0.25, -0.2) is 0 Å². The van der Waals surface area contributed by atoms with Crippen LogP contribution in [0.3, 0.4) is 0 Å². The van der Waals surface area contributed by atoms with E-state index in [2.05, 4.69) is 13.0 Å². The van der Waals surface area contributed by atoms with E-state index in [-0.39, 0.29) is 0 Å². The van der Waals surface area contributed by atoms with Crippen LogP contribution in [0.5, 0.6) is 0 Å². The lowest BCUT2D eigenvalue weighted by Gasteiger charge is -2.00. The van der Waals surface area contributed by atoms with Gasteiger partial charge in [0.1, 0.15) is 0 Å². The van der Waals surface area contributed by atoms with Crippen LogP contribution in [-0.4, -0.2) is 14.1 Å². The fourth-order valence-electron chi connectivity index (χ4n) is 0.774. The van der Waals surface area contributed by atoms with Crippen LogP contribution in [0.15, 0.2) is 18.2 Å². The van der Waals surface area contributed by atoms with Gasteiger partial charge >= 0.3 is 9.26 Å². The van der Waals surface area contributed by atoms with E-state index in [1.807, 2.05) is 19.1 Å². The van der Waals surface area contributed by atoms with Crippen molar-refractivity contribution in [2.24, 2.45) is 0 Å². The Hall–Kier alpha value is -1.23. The van der Waals surface area contributed by atoms with Gasteiger partial charge in [-0.15, -0.1) is 0 Å². The molecule has 0 aromatic heterocycles. The largest absolute Gasteiger partial charge is 0.734 e. The third kappa shape index (κ3) is 5.08. The molecule has 72 valence electrons. The minimum atomic E-state index is -3.63. The molecule has 0 aliphatic rings. The molecule has 0 atom stereocenters. The number of rotatable bonds is 0. The van der Waals surface area contributed by atoms with E-state index in [9.17, 15) is 4.11 Å². The Morgan fingerprint density at radius 2 is 1.92 bits per heavy atom. The Morgan fingerprint density at radius 3 is 2.23 bits per heavy atom. The van der Waals surface area contributed by atoms with Gasteiger partial charge in [0.15, 0.2) is 0 Å². The van der Waals surface area contributed by atoms with Crippen LogP contribution in [0, 0.1) is 13.8 Å². The summed E-state index contributed by atoms with van der Waals surface area (Å²) in [5, 5.41) is 0. The van der Waals surface area contributed by atoms with E-state index >= 15 is 0 Å². The van der Waals surface area contributed by atoms with Gasteiger partial charge in [0.2, 0.25) is 0 Å². The molecule has 13 heavy (non-hydrogen) atoms. The van der Waals surface area contributed by atoms with E-state index in [4.69, 9.17) is 15.0 Å². The normalized spacial score (nSPS) is 8.54. The molecule has 3 N–H and O–H groups in total. The maximum Gasteiger partial charge on any atom is 0.734 e. The molecule has 0 aliphatic heterocycles. The van der Waals surface area contributed by atoms with E-state index in [0.29, 0.717) is 0 Å². The van der Waals surface area contributed by atoms with Crippen molar-refractivity contribution in [1.82, 2.24) is 0 Å². The molecule has 1 aromatic rings. The molecule has 0 radical (unpaired) electrons. The van der Waals surface area contributed by atoms with Crippen molar-refractivity contribution < 1.29 is 13.4 Å². The fourth-order valence-corrected chi connectivity index (χ4v) is 0.774. The number of hydrogen-bond acceptors (Lipinski definition) is 2. The molecular formula is C8H12FNO2Si. The number of nitrogen functional groups attached to an aromatic ring is 1.